The Morgan fingerprint density at radius 3 is 2.48 bits per heavy atom. The zero-order chi connectivity index (χ0) is 20.7. The second-order valence-electron chi connectivity index (χ2n) is 7.51. The highest BCUT2D eigenvalue weighted by atomic mass is 16.1. The van der Waals surface area contributed by atoms with Crippen molar-refractivity contribution in [3.63, 3.8) is 0 Å². The molecule has 0 aliphatic rings. The van der Waals surface area contributed by atoms with E-state index >= 15 is 0 Å². The molecule has 146 valence electrons. The van der Waals surface area contributed by atoms with Gasteiger partial charge in [0.25, 0.3) is 5.91 Å². The highest BCUT2D eigenvalue weighted by molar-refractivity contribution is 6.13. The van der Waals surface area contributed by atoms with Crippen molar-refractivity contribution in [2.45, 2.75) is 27.7 Å². The van der Waals surface area contributed by atoms with E-state index < -0.39 is 0 Å². The maximum atomic E-state index is 13.3. The van der Waals surface area contributed by atoms with Crippen molar-refractivity contribution in [3.05, 3.63) is 76.6 Å². The van der Waals surface area contributed by atoms with Crippen LogP contribution >= 0.6 is 0 Å². The van der Waals surface area contributed by atoms with Crippen molar-refractivity contribution in [3.8, 4) is 11.3 Å². The number of fused-ring (bicyclic) bond motifs is 1. The maximum absolute atomic E-state index is 13.3. The summed E-state index contributed by atoms with van der Waals surface area (Å²) in [5.41, 5.74) is 8.00. The van der Waals surface area contributed by atoms with Crippen LogP contribution in [0.2, 0.25) is 0 Å². The van der Waals surface area contributed by atoms with Crippen LogP contribution < -0.4 is 5.32 Å². The maximum Gasteiger partial charge on any atom is 0.256 e. The number of pyridine rings is 1. The number of hydrogen-bond acceptors (Lipinski definition) is 3. The number of rotatable bonds is 3. The molecule has 2 aromatic heterocycles. The first kappa shape index (κ1) is 18.9. The van der Waals surface area contributed by atoms with Gasteiger partial charge in [-0.15, -0.1) is 0 Å². The molecule has 4 aromatic rings. The topological polar surface area (TPSA) is 59.8 Å². The van der Waals surface area contributed by atoms with Gasteiger partial charge in [0.05, 0.1) is 22.5 Å². The molecule has 2 aromatic carbocycles. The molecule has 0 saturated carbocycles. The lowest BCUT2D eigenvalue weighted by Gasteiger charge is -2.13. The summed E-state index contributed by atoms with van der Waals surface area (Å²) < 4.78 is 1.84. The minimum absolute atomic E-state index is 0.141. The highest BCUT2D eigenvalue weighted by Crippen LogP contribution is 2.30. The van der Waals surface area contributed by atoms with Gasteiger partial charge in [-0.2, -0.15) is 5.10 Å². The standard InChI is InChI=1S/C24H24N4O/c1-14-10-11-15(2)21(12-14)26-24(29)19-13-22(23-16(3)27-28(5)17(23)4)25-20-9-7-6-8-18(19)20/h6-13H,1-5H3,(H,26,29). The molecule has 5 heteroatoms. The first-order chi connectivity index (χ1) is 13.8. The quantitative estimate of drug-likeness (QED) is 0.533. The van der Waals surface area contributed by atoms with E-state index in [2.05, 4.69) is 10.4 Å². The van der Waals surface area contributed by atoms with Gasteiger partial charge >= 0.3 is 0 Å². The number of aromatic nitrogens is 3. The summed E-state index contributed by atoms with van der Waals surface area (Å²) in [6.45, 7) is 7.99. The van der Waals surface area contributed by atoms with Gasteiger partial charge < -0.3 is 5.32 Å². The summed E-state index contributed by atoms with van der Waals surface area (Å²) in [6, 6.07) is 15.7. The summed E-state index contributed by atoms with van der Waals surface area (Å²) in [5.74, 6) is -0.141. The first-order valence-corrected chi connectivity index (χ1v) is 9.64. The summed E-state index contributed by atoms with van der Waals surface area (Å²) in [5, 5.41) is 8.42. The fraction of sp³-hybridized carbons (Fsp3) is 0.208. The number of nitrogens with one attached hydrogen (secondary N) is 1. The number of anilines is 1. The van der Waals surface area contributed by atoms with Crippen molar-refractivity contribution in [1.82, 2.24) is 14.8 Å². The highest BCUT2D eigenvalue weighted by Gasteiger charge is 2.19. The van der Waals surface area contributed by atoms with Crippen LogP contribution in [-0.4, -0.2) is 20.7 Å². The van der Waals surface area contributed by atoms with Gasteiger partial charge in [0.15, 0.2) is 0 Å². The molecule has 0 aliphatic heterocycles. The van der Waals surface area contributed by atoms with Crippen LogP contribution in [0.15, 0.2) is 48.5 Å². The van der Waals surface area contributed by atoms with Gasteiger partial charge in [-0.1, -0.05) is 30.3 Å². The molecule has 1 amide bonds. The minimum atomic E-state index is -0.141. The fourth-order valence-corrected chi connectivity index (χ4v) is 3.70. The number of amides is 1. The Balaban J connectivity index is 1.87. The van der Waals surface area contributed by atoms with E-state index in [1.807, 2.05) is 88.0 Å². The molecular formula is C24H24N4O. The summed E-state index contributed by atoms with van der Waals surface area (Å²) in [6.07, 6.45) is 0. The first-order valence-electron chi connectivity index (χ1n) is 9.64. The van der Waals surface area contributed by atoms with E-state index in [4.69, 9.17) is 4.98 Å². The Hall–Kier alpha value is -3.47. The van der Waals surface area contributed by atoms with Gasteiger partial charge in [-0.25, -0.2) is 4.98 Å². The van der Waals surface area contributed by atoms with Crippen molar-refractivity contribution >= 4 is 22.5 Å². The second-order valence-corrected chi connectivity index (χ2v) is 7.51. The van der Waals surface area contributed by atoms with Crippen molar-refractivity contribution in [1.29, 1.82) is 0 Å². The molecule has 5 nitrogen and oxygen atoms in total. The van der Waals surface area contributed by atoms with Gasteiger partial charge in [0, 0.05) is 29.4 Å². The molecule has 4 rings (SSSR count). The Bertz CT molecular complexity index is 1250. The molecule has 0 spiro atoms. The third-order valence-electron chi connectivity index (χ3n) is 5.37. The number of para-hydroxylation sites is 1. The Morgan fingerprint density at radius 2 is 1.76 bits per heavy atom. The zero-order valence-electron chi connectivity index (χ0n) is 17.4. The summed E-state index contributed by atoms with van der Waals surface area (Å²) >= 11 is 0. The average Bonchev–Trinajstić information content (AvgIpc) is 2.95. The van der Waals surface area contributed by atoms with Crippen LogP contribution in [0.1, 0.15) is 32.9 Å². The number of nitrogens with zero attached hydrogens (tertiary/aromatic N) is 3. The average molecular weight is 384 g/mol. The number of aryl methyl sites for hydroxylation is 4. The van der Waals surface area contributed by atoms with Crippen molar-refractivity contribution in [2.24, 2.45) is 7.05 Å². The SMILES string of the molecule is Cc1ccc(C)c(NC(=O)c2cc(-c3c(C)nn(C)c3C)nc3ccccc23)c1. The third kappa shape index (κ3) is 3.40. The molecule has 0 bridgehead atoms. The van der Waals surface area contributed by atoms with Crippen molar-refractivity contribution in [2.75, 3.05) is 5.32 Å². The Kier molecular flexibility index (Phi) is 4.66. The molecule has 2 heterocycles. The molecule has 0 saturated heterocycles. The molecule has 29 heavy (non-hydrogen) atoms. The van der Waals surface area contributed by atoms with Crippen LogP contribution in [0.4, 0.5) is 5.69 Å². The van der Waals surface area contributed by atoms with Crippen LogP contribution in [0.25, 0.3) is 22.2 Å². The molecule has 0 atom stereocenters. The van der Waals surface area contributed by atoms with Gasteiger partial charge in [0.2, 0.25) is 0 Å². The Labute approximate surface area is 170 Å². The summed E-state index contributed by atoms with van der Waals surface area (Å²) in [4.78, 5) is 18.1. The van der Waals surface area contributed by atoms with Gasteiger partial charge in [0.1, 0.15) is 0 Å². The fourth-order valence-electron chi connectivity index (χ4n) is 3.70. The lowest BCUT2D eigenvalue weighted by Crippen LogP contribution is -2.14. The van der Waals surface area contributed by atoms with E-state index in [-0.39, 0.29) is 5.91 Å². The molecule has 1 N–H and O–H groups in total. The monoisotopic (exact) mass is 384 g/mol. The minimum Gasteiger partial charge on any atom is -0.322 e. The van der Waals surface area contributed by atoms with E-state index in [9.17, 15) is 4.79 Å². The van der Waals surface area contributed by atoms with Gasteiger partial charge in [-0.3, -0.25) is 9.48 Å². The molecule has 0 fully saturated rings. The van der Waals surface area contributed by atoms with E-state index in [1.54, 1.807) is 0 Å². The normalized spacial score (nSPS) is 11.1. The molecular weight excluding hydrogens is 360 g/mol. The molecule has 0 aliphatic carbocycles. The Morgan fingerprint density at radius 1 is 1.00 bits per heavy atom. The number of hydrogen-bond donors (Lipinski definition) is 1. The van der Waals surface area contributed by atoms with Crippen LogP contribution in [0.5, 0.6) is 0 Å². The van der Waals surface area contributed by atoms with Gasteiger partial charge in [-0.05, 0) is 57.0 Å². The predicted molar refractivity (Wildman–Crippen MR) is 117 cm³/mol. The predicted octanol–water partition coefficient (Wildman–Crippen LogP) is 5.12. The number of carbonyl (C=O) groups excluding carboxylic acids is 1. The van der Waals surface area contributed by atoms with E-state index in [1.165, 1.54) is 0 Å². The van der Waals surface area contributed by atoms with Crippen LogP contribution in [0, 0.1) is 27.7 Å². The molecule has 0 radical (unpaired) electrons. The lowest BCUT2D eigenvalue weighted by molar-refractivity contribution is 0.102. The summed E-state index contributed by atoms with van der Waals surface area (Å²) in [7, 11) is 1.92. The number of benzene rings is 2. The zero-order valence-corrected chi connectivity index (χ0v) is 17.4. The largest absolute Gasteiger partial charge is 0.322 e. The lowest BCUT2D eigenvalue weighted by atomic mass is 10.0. The van der Waals surface area contributed by atoms with E-state index in [0.29, 0.717) is 5.56 Å². The third-order valence-corrected chi connectivity index (χ3v) is 5.37. The molecule has 0 unspecified atom stereocenters. The van der Waals surface area contributed by atoms with Crippen LogP contribution in [-0.2, 0) is 7.05 Å². The second kappa shape index (κ2) is 7.17. The number of carbonyl (C=O) groups is 1. The van der Waals surface area contributed by atoms with Crippen molar-refractivity contribution < 1.29 is 4.79 Å². The van der Waals surface area contributed by atoms with E-state index in [0.717, 1.165) is 50.4 Å². The smallest absolute Gasteiger partial charge is 0.256 e. The van der Waals surface area contributed by atoms with Crippen LogP contribution in [0.3, 0.4) is 0 Å².